The van der Waals surface area contributed by atoms with Crippen LogP contribution >= 0.6 is 0 Å². The number of aromatic hydroxyl groups is 1. The Hall–Kier alpha value is -4.25. The first-order chi connectivity index (χ1) is 26.2. The van der Waals surface area contributed by atoms with Crippen molar-refractivity contribution in [2.45, 2.75) is 88.2 Å². The summed E-state index contributed by atoms with van der Waals surface area (Å²) in [6.45, 7) is 1.39. The lowest BCUT2D eigenvalue weighted by molar-refractivity contribution is -0.252. The Morgan fingerprint density at radius 3 is 2.19 bits per heavy atom. The van der Waals surface area contributed by atoms with Crippen molar-refractivity contribution in [1.29, 1.82) is 0 Å². The minimum Gasteiger partial charge on any atom is -0.508 e. The summed E-state index contributed by atoms with van der Waals surface area (Å²) >= 11 is 0. The molecule has 0 radical (unpaired) electrons. The second kappa shape index (κ2) is 15.8. The maximum atomic E-state index is 13.1. The molecule has 4 aromatic carbocycles. The fourth-order valence-electron chi connectivity index (χ4n) is 10.0. The SMILES string of the molecule is CN(CC1CC(c2ccc(CO)cc2)OC(c2ccc(-c3cccc(CNC(=O)NC45CC6CC(CC(C6)C4)C5)c3)cc2)O1)CC(O)c1cccc(O)c1. The molecule has 1 heterocycles. The fourth-order valence-corrected chi connectivity index (χ4v) is 10.0. The number of phenolic OH excluding ortho intramolecular Hbond substituents is 1. The van der Waals surface area contributed by atoms with E-state index in [0.717, 1.165) is 70.4 Å². The zero-order valence-corrected chi connectivity index (χ0v) is 31.1. The number of carbonyl (C=O) groups excluding carboxylic acids is 1. The molecule has 0 spiro atoms. The number of hydrogen-bond acceptors (Lipinski definition) is 7. The van der Waals surface area contributed by atoms with Gasteiger partial charge in [-0.05, 0) is 115 Å². The quantitative estimate of drug-likeness (QED) is 0.102. The minimum atomic E-state index is -0.759. The summed E-state index contributed by atoms with van der Waals surface area (Å²) in [7, 11) is 1.96. The third-order valence-electron chi connectivity index (χ3n) is 12.2. The third-order valence-corrected chi connectivity index (χ3v) is 12.2. The van der Waals surface area contributed by atoms with Gasteiger partial charge >= 0.3 is 6.03 Å². The lowest BCUT2D eigenvalue weighted by Gasteiger charge is -2.56. The third kappa shape index (κ3) is 8.51. The molecule has 9 nitrogen and oxygen atoms in total. The number of nitrogens with zero attached hydrogens (tertiary/aromatic N) is 1. The lowest BCUT2D eigenvalue weighted by atomic mass is 9.53. The number of ether oxygens (including phenoxy) is 2. The number of phenols is 1. The molecule has 1 aliphatic heterocycles. The first kappa shape index (κ1) is 36.7. The van der Waals surface area contributed by atoms with E-state index in [-0.39, 0.29) is 36.1 Å². The molecule has 5 N–H and O–H groups in total. The molecule has 5 aliphatic rings. The van der Waals surface area contributed by atoms with Crippen LogP contribution in [0.2, 0.25) is 0 Å². The van der Waals surface area contributed by atoms with Crippen LogP contribution in [0.3, 0.4) is 0 Å². The summed E-state index contributed by atoms with van der Waals surface area (Å²) in [5.74, 6) is 2.48. The Balaban J connectivity index is 0.916. The Kier molecular flexibility index (Phi) is 10.8. The lowest BCUT2D eigenvalue weighted by Crippen LogP contribution is -2.61. The van der Waals surface area contributed by atoms with Crippen LogP contribution in [0.15, 0.2) is 97.1 Å². The van der Waals surface area contributed by atoms with Crippen molar-refractivity contribution < 1.29 is 29.6 Å². The highest BCUT2D eigenvalue weighted by molar-refractivity contribution is 5.75. The Bertz CT molecular complexity index is 1860. The first-order valence-corrected chi connectivity index (χ1v) is 19.6. The van der Waals surface area contributed by atoms with Crippen molar-refractivity contribution in [3.05, 3.63) is 125 Å². The van der Waals surface area contributed by atoms with Gasteiger partial charge in [-0.15, -0.1) is 0 Å². The highest BCUT2D eigenvalue weighted by atomic mass is 16.7. The maximum Gasteiger partial charge on any atom is 0.315 e. The maximum absolute atomic E-state index is 13.1. The van der Waals surface area contributed by atoms with Gasteiger partial charge in [-0.2, -0.15) is 0 Å². The van der Waals surface area contributed by atoms with Crippen LogP contribution in [-0.4, -0.2) is 58.0 Å². The molecule has 9 heteroatoms. The highest BCUT2D eigenvalue weighted by Crippen LogP contribution is 2.55. The summed E-state index contributed by atoms with van der Waals surface area (Å²) < 4.78 is 13.2. The summed E-state index contributed by atoms with van der Waals surface area (Å²) in [4.78, 5) is 15.2. The molecule has 54 heavy (non-hydrogen) atoms. The Morgan fingerprint density at radius 1 is 0.815 bits per heavy atom. The van der Waals surface area contributed by atoms with Gasteiger partial charge in [-0.3, -0.25) is 0 Å². The van der Waals surface area contributed by atoms with Crippen LogP contribution in [0.5, 0.6) is 5.75 Å². The first-order valence-electron chi connectivity index (χ1n) is 19.6. The van der Waals surface area contributed by atoms with Crippen LogP contribution < -0.4 is 10.6 Å². The predicted octanol–water partition coefficient (Wildman–Crippen LogP) is 7.53. The van der Waals surface area contributed by atoms with Gasteiger partial charge in [-0.1, -0.05) is 78.9 Å². The topological polar surface area (TPSA) is 124 Å². The largest absolute Gasteiger partial charge is 0.508 e. The molecule has 4 saturated carbocycles. The van der Waals surface area contributed by atoms with E-state index in [9.17, 15) is 20.1 Å². The van der Waals surface area contributed by atoms with Crippen LogP contribution in [0.4, 0.5) is 4.79 Å². The smallest absolute Gasteiger partial charge is 0.315 e. The van der Waals surface area contributed by atoms with E-state index in [1.165, 1.54) is 19.3 Å². The second-order valence-electron chi connectivity index (χ2n) is 16.5. The molecule has 2 amide bonds. The molecule has 0 aromatic heterocycles. The van der Waals surface area contributed by atoms with Crippen LogP contribution in [0, 0.1) is 17.8 Å². The van der Waals surface area contributed by atoms with Crippen molar-refractivity contribution in [1.82, 2.24) is 15.5 Å². The Morgan fingerprint density at radius 2 is 1.50 bits per heavy atom. The molecule has 284 valence electrons. The van der Waals surface area contributed by atoms with Crippen LogP contribution in [-0.2, 0) is 22.6 Å². The number of amides is 2. The molecule has 4 bridgehead atoms. The van der Waals surface area contributed by atoms with Gasteiger partial charge in [0.1, 0.15) is 5.75 Å². The number of urea groups is 1. The van der Waals surface area contributed by atoms with Crippen LogP contribution in [0.25, 0.3) is 11.1 Å². The monoisotopic (exact) mass is 731 g/mol. The summed E-state index contributed by atoms with van der Waals surface area (Å²) in [6, 6.07) is 31.1. The number of carbonyl (C=O) groups is 1. The number of likely N-dealkylation sites (N-methyl/N-ethyl adjacent to an activating group) is 1. The zero-order valence-electron chi connectivity index (χ0n) is 31.1. The summed E-state index contributed by atoms with van der Waals surface area (Å²) in [6.07, 6.45) is 6.32. The van der Waals surface area contributed by atoms with Gasteiger partial charge in [0.25, 0.3) is 0 Å². The predicted molar refractivity (Wildman–Crippen MR) is 207 cm³/mol. The molecule has 1 saturated heterocycles. The molecule has 5 fully saturated rings. The van der Waals surface area contributed by atoms with Gasteiger partial charge in [0, 0.05) is 37.2 Å². The molecule has 4 unspecified atom stereocenters. The fraction of sp³-hybridized carbons (Fsp3) is 0.444. The van der Waals surface area contributed by atoms with Crippen molar-refractivity contribution >= 4 is 6.03 Å². The van der Waals surface area contributed by atoms with E-state index < -0.39 is 12.4 Å². The average Bonchev–Trinajstić information content (AvgIpc) is 3.16. The van der Waals surface area contributed by atoms with Gasteiger partial charge in [0.2, 0.25) is 0 Å². The number of aliphatic hydroxyl groups is 2. The van der Waals surface area contributed by atoms with Crippen molar-refractivity contribution in [2.24, 2.45) is 17.8 Å². The van der Waals surface area contributed by atoms with Crippen molar-refractivity contribution in [3.63, 3.8) is 0 Å². The highest BCUT2D eigenvalue weighted by Gasteiger charge is 2.51. The van der Waals surface area contributed by atoms with Gasteiger partial charge < -0.3 is 40.3 Å². The van der Waals surface area contributed by atoms with E-state index in [4.69, 9.17) is 9.47 Å². The standard InChI is InChI=1S/C45H53N3O6/c1-48(27-41(51)38-6-3-7-39(50)20-38)26-40-21-42(35-10-8-29(28-49)9-11-35)54-43(53-40)36-14-12-34(13-15-36)37-5-2-4-30(19-37)25-46-44(52)47-45-22-31-16-32(23-45)18-33(17-31)24-45/h2-15,19-20,31-33,40-43,49-51H,16-18,21-28H2,1H3,(H2,46,47,52). The molecule has 4 aromatic rings. The molecular formula is C45H53N3O6. The number of rotatable bonds is 12. The minimum absolute atomic E-state index is 0.00874. The van der Waals surface area contributed by atoms with E-state index in [0.29, 0.717) is 31.6 Å². The molecular weight excluding hydrogens is 679 g/mol. The van der Waals surface area contributed by atoms with Gasteiger partial charge in [0.05, 0.1) is 24.9 Å². The van der Waals surface area contributed by atoms with E-state index >= 15 is 0 Å². The van der Waals surface area contributed by atoms with Crippen LogP contribution in [0.1, 0.15) is 91.3 Å². The van der Waals surface area contributed by atoms with Crippen molar-refractivity contribution in [3.8, 4) is 16.9 Å². The molecule has 9 rings (SSSR count). The van der Waals surface area contributed by atoms with E-state index in [2.05, 4.69) is 41.0 Å². The normalized spacial score (nSPS) is 27.9. The summed E-state index contributed by atoms with van der Waals surface area (Å²) in [5, 5.41) is 36.9. The average molecular weight is 732 g/mol. The second-order valence-corrected chi connectivity index (χ2v) is 16.5. The molecule has 4 aliphatic carbocycles. The molecule has 4 atom stereocenters. The number of nitrogens with one attached hydrogen (secondary N) is 2. The zero-order chi connectivity index (χ0) is 37.2. The van der Waals surface area contributed by atoms with Gasteiger partial charge in [-0.25, -0.2) is 4.79 Å². The van der Waals surface area contributed by atoms with E-state index in [1.54, 1.807) is 18.2 Å². The summed E-state index contributed by atoms with van der Waals surface area (Å²) in [5.41, 5.74) is 6.59. The van der Waals surface area contributed by atoms with E-state index in [1.807, 2.05) is 60.5 Å². The number of hydrogen-bond donors (Lipinski definition) is 5. The number of benzene rings is 4. The van der Waals surface area contributed by atoms with Gasteiger partial charge in [0.15, 0.2) is 6.29 Å². The Labute approximate surface area is 318 Å². The number of aliphatic hydroxyl groups excluding tert-OH is 2. The van der Waals surface area contributed by atoms with Crippen molar-refractivity contribution in [2.75, 3.05) is 20.1 Å².